The fraction of sp³-hybridized carbons (Fsp3) is 0.562. The van der Waals surface area contributed by atoms with E-state index in [1.165, 1.54) is 0 Å². The zero-order chi connectivity index (χ0) is 15.6. The maximum atomic E-state index is 12.9. The first-order chi connectivity index (χ1) is 10.5. The molecule has 2 aliphatic heterocycles. The van der Waals surface area contributed by atoms with E-state index < -0.39 is 15.3 Å². The first kappa shape index (κ1) is 15.5. The van der Waals surface area contributed by atoms with Gasteiger partial charge in [-0.25, -0.2) is 8.42 Å². The van der Waals surface area contributed by atoms with Crippen molar-refractivity contribution < 1.29 is 17.9 Å². The fourth-order valence-corrected chi connectivity index (χ4v) is 5.03. The van der Waals surface area contributed by atoms with E-state index in [0.717, 1.165) is 5.56 Å². The highest BCUT2D eigenvalue weighted by Gasteiger charge is 2.43. The highest BCUT2D eigenvalue weighted by Crippen LogP contribution is 2.35. The van der Waals surface area contributed by atoms with Crippen LogP contribution in [0.4, 0.5) is 0 Å². The van der Waals surface area contributed by atoms with E-state index in [4.69, 9.17) is 4.74 Å². The number of ether oxygens (including phenoxy) is 1. The van der Waals surface area contributed by atoms with Crippen LogP contribution in [0.1, 0.15) is 24.8 Å². The summed E-state index contributed by atoms with van der Waals surface area (Å²) in [6, 6.07) is 9.46. The summed E-state index contributed by atoms with van der Waals surface area (Å²) in [4.78, 5) is 12.9. The van der Waals surface area contributed by atoms with E-state index in [1.54, 1.807) is 0 Å². The smallest absolute Gasteiger partial charge is 0.231 e. The van der Waals surface area contributed by atoms with Gasteiger partial charge in [0.2, 0.25) is 5.91 Å². The summed E-state index contributed by atoms with van der Waals surface area (Å²) in [5, 5.41) is 2.97. The van der Waals surface area contributed by atoms with Gasteiger partial charge in [-0.2, -0.15) is 0 Å². The van der Waals surface area contributed by atoms with Gasteiger partial charge in [-0.1, -0.05) is 30.3 Å². The van der Waals surface area contributed by atoms with Gasteiger partial charge in [0.15, 0.2) is 9.84 Å². The Labute approximate surface area is 131 Å². The van der Waals surface area contributed by atoms with E-state index in [9.17, 15) is 13.2 Å². The van der Waals surface area contributed by atoms with Crippen LogP contribution in [0.15, 0.2) is 30.3 Å². The first-order valence-electron chi connectivity index (χ1n) is 7.67. The number of sulfone groups is 1. The SMILES string of the molecule is O=C(NC1CCS(=O)(=O)C1)C1(c2ccccc2)CCOCC1. The van der Waals surface area contributed by atoms with Crippen LogP contribution < -0.4 is 5.32 Å². The summed E-state index contributed by atoms with van der Waals surface area (Å²) < 4.78 is 28.6. The van der Waals surface area contributed by atoms with Crippen molar-refractivity contribution in [2.45, 2.75) is 30.7 Å². The van der Waals surface area contributed by atoms with Crippen LogP contribution in [0.3, 0.4) is 0 Å². The molecule has 2 saturated heterocycles. The van der Waals surface area contributed by atoms with Gasteiger partial charge >= 0.3 is 0 Å². The Bertz CT molecular complexity index is 635. The lowest BCUT2D eigenvalue weighted by atomic mass is 9.73. The second-order valence-electron chi connectivity index (χ2n) is 6.13. The van der Waals surface area contributed by atoms with Crippen LogP contribution in [0, 0.1) is 0 Å². The highest BCUT2D eigenvalue weighted by atomic mass is 32.2. The third-order valence-electron chi connectivity index (χ3n) is 4.68. The van der Waals surface area contributed by atoms with Crippen molar-refractivity contribution in [1.29, 1.82) is 0 Å². The molecule has 0 bridgehead atoms. The molecule has 3 rings (SSSR count). The summed E-state index contributed by atoms with van der Waals surface area (Å²) in [6.07, 6.45) is 1.76. The van der Waals surface area contributed by atoms with Crippen molar-refractivity contribution in [1.82, 2.24) is 5.32 Å². The molecule has 1 aromatic rings. The molecular formula is C16H21NO4S. The molecule has 120 valence electrons. The van der Waals surface area contributed by atoms with Crippen molar-refractivity contribution >= 4 is 15.7 Å². The molecule has 1 unspecified atom stereocenters. The topological polar surface area (TPSA) is 72.5 Å². The third kappa shape index (κ3) is 3.03. The van der Waals surface area contributed by atoms with Gasteiger partial charge in [-0.3, -0.25) is 4.79 Å². The molecule has 1 amide bonds. The van der Waals surface area contributed by atoms with Crippen molar-refractivity contribution in [3.05, 3.63) is 35.9 Å². The summed E-state index contributed by atoms with van der Waals surface area (Å²) in [6.45, 7) is 1.09. The van der Waals surface area contributed by atoms with Gasteiger partial charge in [0.05, 0.1) is 16.9 Å². The van der Waals surface area contributed by atoms with Crippen molar-refractivity contribution in [3.63, 3.8) is 0 Å². The van der Waals surface area contributed by atoms with E-state index >= 15 is 0 Å². The first-order valence-corrected chi connectivity index (χ1v) is 9.49. The number of carbonyl (C=O) groups is 1. The molecule has 1 N–H and O–H groups in total. The Kier molecular flexibility index (Phi) is 4.23. The predicted molar refractivity (Wildman–Crippen MR) is 83.4 cm³/mol. The fourth-order valence-electron chi connectivity index (χ4n) is 3.36. The number of nitrogens with one attached hydrogen (secondary N) is 1. The van der Waals surface area contributed by atoms with Gasteiger partial charge in [-0.15, -0.1) is 0 Å². The van der Waals surface area contributed by atoms with E-state index in [1.807, 2.05) is 30.3 Å². The quantitative estimate of drug-likeness (QED) is 0.902. The molecule has 1 atom stereocenters. The maximum Gasteiger partial charge on any atom is 0.231 e. The summed E-state index contributed by atoms with van der Waals surface area (Å²) in [7, 11) is -3.00. The lowest BCUT2D eigenvalue weighted by Crippen LogP contribution is -2.51. The molecule has 22 heavy (non-hydrogen) atoms. The van der Waals surface area contributed by atoms with E-state index in [0.29, 0.717) is 32.5 Å². The highest BCUT2D eigenvalue weighted by molar-refractivity contribution is 7.91. The molecule has 6 heteroatoms. The second-order valence-corrected chi connectivity index (χ2v) is 8.36. The molecule has 0 saturated carbocycles. The van der Waals surface area contributed by atoms with Gasteiger partial charge in [0.1, 0.15) is 0 Å². The Balaban J connectivity index is 1.82. The standard InChI is InChI=1S/C16H21NO4S/c18-15(17-14-6-11-22(19,20)12-14)16(7-9-21-10-8-16)13-4-2-1-3-5-13/h1-5,14H,6-12H2,(H,17,18). The Morgan fingerprint density at radius 3 is 2.45 bits per heavy atom. The van der Waals surface area contributed by atoms with Crippen molar-refractivity contribution in [2.75, 3.05) is 24.7 Å². The van der Waals surface area contributed by atoms with Crippen LogP contribution in [0.5, 0.6) is 0 Å². The minimum atomic E-state index is -3.00. The average Bonchev–Trinajstić information content (AvgIpc) is 2.87. The van der Waals surface area contributed by atoms with Crippen LogP contribution in [-0.2, 0) is 24.8 Å². The molecule has 0 radical (unpaired) electrons. The zero-order valence-electron chi connectivity index (χ0n) is 12.5. The largest absolute Gasteiger partial charge is 0.381 e. The maximum absolute atomic E-state index is 12.9. The predicted octanol–water partition coefficient (Wildman–Crippen LogP) is 1.04. The van der Waals surface area contributed by atoms with Crippen LogP contribution >= 0.6 is 0 Å². The van der Waals surface area contributed by atoms with Gasteiger partial charge < -0.3 is 10.1 Å². The van der Waals surface area contributed by atoms with E-state index in [2.05, 4.69) is 5.32 Å². The molecule has 0 aliphatic carbocycles. The number of hydrogen-bond acceptors (Lipinski definition) is 4. The van der Waals surface area contributed by atoms with Gasteiger partial charge in [0, 0.05) is 19.3 Å². The molecule has 2 aliphatic rings. The van der Waals surface area contributed by atoms with Crippen LogP contribution in [0.25, 0.3) is 0 Å². The number of benzene rings is 1. The number of rotatable bonds is 3. The number of carbonyl (C=O) groups excluding carboxylic acids is 1. The van der Waals surface area contributed by atoms with Crippen LogP contribution in [0.2, 0.25) is 0 Å². The number of amides is 1. The monoisotopic (exact) mass is 323 g/mol. The van der Waals surface area contributed by atoms with E-state index in [-0.39, 0.29) is 23.5 Å². The molecule has 0 aromatic heterocycles. The Morgan fingerprint density at radius 1 is 1.18 bits per heavy atom. The number of hydrogen-bond donors (Lipinski definition) is 1. The van der Waals surface area contributed by atoms with Crippen molar-refractivity contribution in [2.24, 2.45) is 0 Å². The third-order valence-corrected chi connectivity index (χ3v) is 6.44. The van der Waals surface area contributed by atoms with Crippen molar-refractivity contribution in [3.8, 4) is 0 Å². The molecule has 1 aromatic carbocycles. The Morgan fingerprint density at radius 2 is 1.86 bits per heavy atom. The molecular weight excluding hydrogens is 302 g/mol. The van der Waals surface area contributed by atoms with Gasteiger partial charge in [0.25, 0.3) is 0 Å². The zero-order valence-corrected chi connectivity index (χ0v) is 13.3. The average molecular weight is 323 g/mol. The molecule has 2 heterocycles. The summed E-state index contributed by atoms with van der Waals surface area (Å²) >= 11 is 0. The minimum Gasteiger partial charge on any atom is -0.381 e. The lowest BCUT2D eigenvalue weighted by Gasteiger charge is -2.37. The minimum absolute atomic E-state index is 0.0557. The molecule has 5 nitrogen and oxygen atoms in total. The summed E-state index contributed by atoms with van der Waals surface area (Å²) in [5.74, 6) is 0.156. The molecule has 2 fully saturated rings. The molecule has 0 spiro atoms. The lowest BCUT2D eigenvalue weighted by molar-refractivity contribution is -0.131. The van der Waals surface area contributed by atoms with Gasteiger partial charge in [-0.05, 0) is 24.8 Å². The Hall–Kier alpha value is -1.40. The summed E-state index contributed by atoms with van der Waals surface area (Å²) in [5.41, 5.74) is 0.378. The second kappa shape index (κ2) is 6.01. The normalized spacial score (nSPS) is 26.5. The van der Waals surface area contributed by atoms with Crippen LogP contribution in [-0.4, -0.2) is 45.1 Å².